The van der Waals surface area contributed by atoms with Crippen molar-refractivity contribution in [1.29, 1.82) is 0 Å². The molecule has 2 rings (SSSR count). The third kappa shape index (κ3) is 2.36. The van der Waals surface area contributed by atoms with E-state index >= 15 is 0 Å². The maximum atomic E-state index is 11.5. The average Bonchev–Trinajstić information content (AvgIpc) is 2.63. The lowest BCUT2D eigenvalue weighted by molar-refractivity contribution is 0.0879. The van der Waals surface area contributed by atoms with Gasteiger partial charge in [-0.25, -0.2) is 0 Å². The van der Waals surface area contributed by atoms with Gasteiger partial charge in [0.05, 0.1) is 11.1 Å². The molecule has 0 aromatic heterocycles. The molecule has 2 amide bonds. The van der Waals surface area contributed by atoms with E-state index in [1.165, 1.54) is 0 Å². The fraction of sp³-hybridized carbons (Fsp3) is 0.385. The molecule has 0 saturated carbocycles. The zero-order chi connectivity index (χ0) is 13.3. The van der Waals surface area contributed by atoms with Crippen molar-refractivity contribution in [2.75, 3.05) is 18.5 Å². The van der Waals surface area contributed by atoms with Crippen molar-refractivity contribution in [3.8, 4) is 0 Å². The summed E-state index contributed by atoms with van der Waals surface area (Å²) in [4.78, 5) is 22.9. The van der Waals surface area contributed by atoms with Crippen LogP contribution in [-0.2, 0) is 0 Å². The van der Waals surface area contributed by atoms with E-state index in [4.69, 9.17) is 5.11 Å². The minimum atomic E-state index is -0.361. The van der Waals surface area contributed by atoms with Gasteiger partial charge in [0.1, 0.15) is 0 Å². The van der Waals surface area contributed by atoms with Gasteiger partial charge in [0, 0.05) is 24.3 Å². The molecule has 96 valence electrons. The molecule has 3 N–H and O–H groups in total. The number of carbonyl (C=O) groups is 2. The van der Waals surface area contributed by atoms with Crippen molar-refractivity contribution in [3.05, 3.63) is 29.3 Å². The molecule has 0 fully saturated rings. The first-order valence-electron chi connectivity index (χ1n) is 5.77. The third-order valence-electron chi connectivity index (χ3n) is 2.93. The maximum Gasteiger partial charge on any atom is 0.259 e. The van der Waals surface area contributed by atoms with Gasteiger partial charge in [-0.3, -0.25) is 14.9 Å². The third-order valence-corrected chi connectivity index (χ3v) is 2.93. The highest BCUT2D eigenvalue weighted by atomic mass is 16.3. The van der Waals surface area contributed by atoms with Crippen LogP contribution in [-0.4, -0.2) is 30.1 Å². The Kier molecular flexibility index (Phi) is 3.09. The van der Waals surface area contributed by atoms with Crippen molar-refractivity contribution in [2.24, 2.45) is 5.41 Å². The first-order valence-corrected chi connectivity index (χ1v) is 5.77. The predicted octanol–water partition coefficient (Wildman–Crippen LogP) is 1.00. The Hall–Kier alpha value is -1.88. The first-order chi connectivity index (χ1) is 8.43. The van der Waals surface area contributed by atoms with Gasteiger partial charge in [0.25, 0.3) is 11.8 Å². The van der Waals surface area contributed by atoms with Gasteiger partial charge in [0.2, 0.25) is 0 Å². The summed E-state index contributed by atoms with van der Waals surface area (Å²) in [6.07, 6.45) is 0. The highest BCUT2D eigenvalue weighted by Gasteiger charge is 2.26. The second-order valence-corrected chi connectivity index (χ2v) is 5.22. The Morgan fingerprint density at radius 1 is 1.22 bits per heavy atom. The molecule has 0 saturated heterocycles. The standard InChI is InChI=1S/C13H16N2O3/c1-13(2,7-16)6-14-8-3-4-9-10(5-8)12(18)15-11(9)17/h3-5,14,16H,6-7H2,1-2H3,(H,15,17,18). The summed E-state index contributed by atoms with van der Waals surface area (Å²) in [7, 11) is 0. The van der Waals surface area contributed by atoms with Crippen LogP contribution in [0.25, 0.3) is 0 Å². The summed E-state index contributed by atoms with van der Waals surface area (Å²) in [5.74, 6) is -0.711. The van der Waals surface area contributed by atoms with E-state index in [9.17, 15) is 9.59 Å². The van der Waals surface area contributed by atoms with Crippen LogP contribution in [0.4, 0.5) is 5.69 Å². The Morgan fingerprint density at radius 3 is 2.56 bits per heavy atom. The molecule has 0 radical (unpaired) electrons. The molecule has 1 aromatic carbocycles. The normalized spacial score (nSPS) is 14.4. The number of rotatable bonds is 4. The molecular weight excluding hydrogens is 232 g/mol. The van der Waals surface area contributed by atoms with E-state index in [2.05, 4.69) is 10.6 Å². The van der Waals surface area contributed by atoms with Gasteiger partial charge in [-0.05, 0) is 18.2 Å². The second-order valence-electron chi connectivity index (χ2n) is 5.22. The van der Waals surface area contributed by atoms with Crippen LogP contribution in [0.15, 0.2) is 18.2 Å². The van der Waals surface area contributed by atoms with Crippen LogP contribution >= 0.6 is 0 Å². The molecule has 1 aliphatic rings. The van der Waals surface area contributed by atoms with Crippen molar-refractivity contribution in [3.63, 3.8) is 0 Å². The number of nitrogens with one attached hydrogen (secondary N) is 2. The molecular formula is C13H16N2O3. The number of carbonyl (C=O) groups excluding carboxylic acids is 2. The molecule has 1 aromatic rings. The number of benzene rings is 1. The Morgan fingerprint density at radius 2 is 1.89 bits per heavy atom. The van der Waals surface area contributed by atoms with E-state index in [-0.39, 0.29) is 23.8 Å². The van der Waals surface area contributed by atoms with Gasteiger partial charge < -0.3 is 10.4 Å². The van der Waals surface area contributed by atoms with Gasteiger partial charge in [-0.1, -0.05) is 13.8 Å². The summed E-state index contributed by atoms with van der Waals surface area (Å²) >= 11 is 0. The summed E-state index contributed by atoms with van der Waals surface area (Å²) in [6, 6.07) is 5.04. The lowest BCUT2D eigenvalue weighted by atomic mass is 9.95. The minimum Gasteiger partial charge on any atom is -0.396 e. The van der Waals surface area contributed by atoms with Crippen molar-refractivity contribution in [1.82, 2.24) is 5.32 Å². The zero-order valence-electron chi connectivity index (χ0n) is 10.4. The molecule has 0 aliphatic carbocycles. The van der Waals surface area contributed by atoms with E-state index in [1.807, 2.05) is 13.8 Å². The Labute approximate surface area is 105 Å². The molecule has 0 spiro atoms. The monoisotopic (exact) mass is 248 g/mol. The smallest absolute Gasteiger partial charge is 0.259 e. The number of hydrogen-bond acceptors (Lipinski definition) is 4. The fourth-order valence-corrected chi connectivity index (χ4v) is 1.68. The lowest BCUT2D eigenvalue weighted by Crippen LogP contribution is -2.26. The van der Waals surface area contributed by atoms with Crippen LogP contribution in [0.1, 0.15) is 34.6 Å². The largest absolute Gasteiger partial charge is 0.396 e. The van der Waals surface area contributed by atoms with E-state index in [0.717, 1.165) is 5.69 Å². The van der Waals surface area contributed by atoms with E-state index in [0.29, 0.717) is 17.7 Å². The Bertz CT molecular complexity index is 509. The van der Waals surface area contributed by atoms with Crippen LogP contribution in [0.2, 0.25) is 0 Å². The van der Waals surface area contributed by atoms with Crippen LogP contribution in [0, 0.1) is 5.41 Å². The number of imide groups is 1. The SMILES string of the molecule is CC(C)(CO)CNc1ccc2c(c1)C(=O)NC2=O. The summed E-state index contributed by atoms with van der Waals surface area (Å²) in [5, 5.41) is 14.6. The Balaban J connectivity index is 2.16. The predicted molar refractivity (Wildman–Crippen MR) is 67.6 cm³/mol. The molecule has 0 unspecified atom stereocenters. The van der Waals surface area contributed by atoms with Crippen LogP contribution in [0.3, 0.4) is 0 Å². The van der Waals surface area contributed by atoms with Gasteiger partial charge >= 0.3 is 0 Å². The topological polar surface area (TPSA) is 78.4 Å². The maximum absolute atomic E-state index is 11.5. The van der Waals surface area contributed by atoms with Gasteiger partial charge in [-0.15, -0.1) is 0 Å². The average molecular weight is 248 g/mol. The van der Waals surface area contributed by atoms with E-state index < -0.39 is 0 Å². The molecule has 18 heavy (non-hydrogen) atoms. The van der Waals surface area contributed by atoms with Crippen LogP contribution < -0.4 is 10.6 Å². The highest BCUT2D eigenvalue weighted by Crippen LogP contribution is 2.22. The molecule has 5 nitrogen and oxygen atoms in total. The summed E-state index contributed by atoms with van der Waals surface area (Å²) < 4.78 is 0. The fourth-order valence-electron chi connectivity index (χ4n) is 1.68. The summed E-state index contributed by atoms with van der Waals surface area (Å²) in [5.41, 5.74) is 1.33. The van der Waals surface area contributed by atoms with Gasteiger partial charge in [0.15, 0.2) is 0 Å². The number of hydrogen-bond donors (Lipinski definition) is 3. The first kappa shape index (κ1) is 12.6. The minimum absolute atomic E-state index is 0.0733. The number of aliphatic hydroxyl groups excluding tert-OH is 1. The highest BCUT2D eigenvalue weighted by molar-refractivity contribution is 6.21. The summed E-state index contributed by atoms with van der Waals surface area (Å²) in [6.45, 7) is 4.52. The molecule has 0 atom stereocenters. The van der Waals surface area contributed by atoms with Gasteiger partial charge in [-0.2, -0.15) is 0 Å². The van der Waals surface area contributed by atoms with Crippen LogP contribution in [0.5, 0.6) is 0 Å². The number of fused-ring (bicyclic) bond motifs is 1. The van der Waals surface area contributed by atoms with Crippen molar-refractivity contribution in [2.45, 2.75) is 13.8 Å². The number of aliphatic hydroxyl groups is 1. The zero-order valence-corrected chi connectivity index (χ0v) is 10.4. The number of amides is 2. The molecule has 5 heteroatoms. The molecule has 1 heterocycles. The molecule has 0 bridgehead atoms. The second kappa shape index (κ2) is 4.42. The molecule has 1 aliphatic heterocycles. The van der Waals surface area contributed by atoms with Crippen molar-refractivity contribution >= 4 is 17.5 Å². The quantitative estimate of drug-likeness (QED) is 0.695. The lowest BCUT2D eigenvalue weighted by Gasteiger charge is -2.22. The van der Waals surface area contributed by atoms with Crippen molar-refractivity contribution < 1.29 is 14.7 Å². The van der Waals surface area contributed by atoms with E-state index in [1.54, 1.807) is 18.2 Å². The number of anilines is 1.